The van der Waals surface area contributed by atoms with Crippen molar-refractivity contribution in [2.75, 3.05) is 6.79 Å². The van der Waals surface area contributed by atoms with Gasteiger partial charge in [-0.2, -0.15) is 0 Å². The Morgan fingerprint density at radius 3 is 2.55 bits per heavy atom. The summed E-state index contributed by atoms with van der Waals surface area (Å²) in [7, 11) is 0. The van der Waals surface area contributed by atoms with Crippen LogP contribution in [0.3, 0.4) is 0 Å². The summed E-state index contributed by atoms with van der Waals surface area (Å²) >= 11 is 1.65. The first-order chi connectivity index (χ1) is 14.0. The molecule has 0 amide bonds. The van der Waals surface area contributed by atoms with Crippen LogP contribution in [0.2, 0.25) is 0 Å². The number of fused-ring (bicyclic) bond motifs is 1. The van der Waals surface area contributed by atoms with Crippen LogP contribution in [0.25, 0.3) is 11.4 Å². The van der Waals surface area contributed by atoms with Gasteiger partial charge in [0.05, 0.1) is 0 Å². The maximum absolute atomic E-state index is 5.47. The Morgan fingerprint density at radius 2 is 1.83 bits per heavy atom. The SMILES string of the molecule is C=CCn1c(SCc2ccc3c(c2)OCO3)nnc1-c1ccc(C(C)(C)C)cc1. The summed E-state index contributed by atoms with van der Waals surface area (Å²) in [5, 5.41) is 9.78. The highest BCUT2D eigenvalue weighted by Crippen LogP contribution is 2.35. The summed E-state index contributed by atoms with van der Waals surface area (Å²) in [6.07, 6.45) is 1.88. The molecule has 1 aliphatic heterocycles. The summed E-state index contributed by atoms with van der Waals surface area (Å²) in [5.74, 6) is 3.23. The summed E-state index contributed by atoms with van der Waals surface area (Å²) in [6.45, 7) is 11.5. The van der Waals surface area contributed by atoms with Crippen molar-refractivity contribution in [1.29, 1.82) is 0 Å². The molecule has 2 aromatic carbocycles. The van der Waals surface area contributed by atoms with Gasteiger partial charge in [0.2, 0.25) is 6.79 Å². The Kier molecular flexibility index (Phi) is 5.37. The van der Waals surface area contributed by atoms with Crippen LogP contribution in [0.15, 0.2) is 60.3 Å². The molecule has 1 aromatic heterocycles. The van der Waals surface area contributed by atoms with E-state index in [0.29, 0.717) is 6.54 Å². The average Bonchev–Trinajstić information content (AvgIpc) is 3.32. The fourth-order valence-corrected chi connectivity index (χ4v) is 4.09. The monoisotopic (exact) mass is 407 g/mol. The number of thioether (sulfide) groups is 1. The van der Waals surface area contributed by atoms with Crippen molar-refractivity contribution in [3.63, 3.8) is 0 Å². The Bertz CT molecular complexity index is 1020. The Morgan fingerprint density at radius 1 is 1.07 bits per heavy atom. The standard InChI is InChI=1S/C23H25N3O2S/c1-5-12-26-21(17-7-9-18(10-8-17)23(2,3)4)24-25-22(26)29-14-16-6-11-19-20(13-16)28-15-27-19/h5-11,13H,1,12,14-15H2,2-4H3. The molecular formula is C23H25N3O2S. The second-order valence-electron chi connectivity index (χ2n) is 8.01. The van der Waals surface area contributed by atoms with Gasteiger partial charge in [-0.05, 0) is 28.7 Å². The zero-order valence-corrected chi connectivity index (χ0v) is 17.8. The lowest BCUT2D eigenvalue weighted by Crippen LogP contribution is -2.10. The van der Waals surface area contributed by atoms with Gasteiger partial charge in [0.25, 0.3) is 0 Å². The molecule has 0 N–H and O–H groups in total. The molecule has 0 aliphatic carbocycles. The normalized spacial score (nSPS) is 12.9. The minimum Gasteiger partial charge on any atom is -0.454 e. The molecule has 1 aliphatic rings. The second-order valence-corrected chi connectivity index (χ2v) is 8.95. The summed E-state index contributed by atoms with van der Waals surface area (Å²) < 4.78 is 13.0. The van der Waals surface area contributed by atoms with Gasteiger partial charge in [0, 0.05) is 17.9 Å². The highest BCUT2D eigenvalue weighted by Gasteiger charge is 2.18. The minimum atomic E-state index is 0.124. The fraction of sp³-hybridized carbons (Fsp3) is 0.304. The topological polar surface area (TPSA) is 49.2 Å². The van der Waals surface area contributed by atoms with Gasteiger partial charge in [-0.25, -0.2) is 0 Å². The van der Waals surface area contributed by atoms with Gasteiger partial charge in [0.1, 0.15) is 0 Å². The molecule has 29 heavy (non-hydrogen) atoms. The van der Waals surface area contributed by atoms with Crippen LogP contribution in [0.5, 0.6) is 11.5 Å². The van der Waals surface area contributed by atoms with Crippen LogP contribution < -0.4 is 9.47 Å². The van der Waals surface area contributed by atoms with Crippen LogP contribution in [0, 0.1) is 0 Å². The Hall–Kier alpha value is -2.73. The van der Waals surface area contributed by atoms with Gasteiger partial charge < -0.3 is 9.47 Å². The van der Waals surface area contributed by atoms with Crippen molar-refractivity contribution in [3.05, 3.63) is 66.2 Å². The molecule has 0 atom stereocenters. The third-order valence-corrected chi connectivity index (χ3v) is 5.88. The number of rotatable bonds is 6. The van der Waals surface area contributed by atoms with E-state index in [1.54, 1.807) is 11.8 Å². The third-order valence-electron chi connectivity index (χ3n) is 4.84. The van der Waals surface area contributed by atoms with Crippen molar-refractivity contribution in [2.24, 2.45) is 0 Å². The quantitative estimate of drug-likeness (QED) is 0.402. The molecule has 0 saturated heterocycles. The van der Waals surface area contributed by atoms with E-state index >= 15 is 0 Å². The van der Waals surface area contributed by atoms with E-state index in [-0.39, 0.29) is 12.2 Å². The Labute approximate surface area is 175 Å². The van der Waals surface area contributed by atoms with E-state index in [1.165, 1.54) is 5.56 Å². The maximum Gasteiger partial charge on any atom is 0.231 e. The van der Waals surface area contributed by atoms with Gasteiger partial charge in [-0.1, -0.05) is 68.9 Å². The molecule has 0 fully saturated rings. The molecule has 0 bridgehead atoms. The maximum atomic E-state index is 5.47. The second kappa shape index (κ2) is 7.95. The highest BCUT2D eigenvalue weighted by atomic mass is 32.2. The lowest BCUT2D eigenvalue weighted by Gasteiger charge is -2.19. The molecule has 150 valence electrons. The van der Waals surface area contributed by atoms with Gasteiger partial charge >= 0.3 is 0 Å². The predicted molar refractivity (Wildman–Crippen MR) is 116 cm³/mol. The summed E-state index contributed by atoms with van der Waals surface area (Å²) in [4.78, 5) is 0. The van der Waals surface area contributed by atoms with Gasteiger partial charge in [0.15, 0.2) is 22.5 Å². The van der Waals surface area contributed by atoms with Gasteiger partial charge in [-0.15, -0.1) is 16.8 Å². The molecule has 4 rings (SSSR count). The van der Waals surface area contributed by atoms with Crippen molar-refractivity contribution in [1.82, 2.24) is 14.8 Å². The number of ether oxygens (including phenoxy) is 2. The molecule has 0 unspecified atom stereocenters. The minimum absolute atomic E-state index is 0.124. The van der Waals surface area contributed by atoms with Crippen molar-refractivity contribution in [2.45, 2.75) is 43.6 Å². The van der Waals surface area contributed by atoms with E-state index in [4.69, 9.17) is 9.47 Å². The van der Waals surface area contributed by atoms with E-state index in [0.717, 1.165) is 39.4 Å². The number of allylic oxidation sites excluding steroid dienone is 1. The molecule has 6 heteroatoms. The molecule has 3 aromatic rings. The lowest BCUT2D eigenvalue weighted by molar-refractivity contribution is 0.174. The zero-order chi connectivity index (χ0) is 20.4. The van der Waals surface area contributed by atoms with E-state index in [2.05, 4.69) is 72.4 Å². The predicted octanol–water partition coefficient (Wildman–Crippen LogP) is 5.45. The van der Waals surface area contributed by atoms with Crippen LogP contribution >= 0.6 is 11.8 Å². The third kappa shape index (κ3) is 4.17. The summed E-state index contributed by atoms with van der Waals surface area (Å²) in [6, 6.07) is 14.6. The lowest BCUT2D eigenvalue weighted by atomic mass is 9.87. The van der Waals surface area contributed by atoms with Crippen molar-refractivity contribution in [3.8, 4) is 22.9 Å². The highest BCUT2D eigenvalue weighted by molar-refractivity contribution is 7.98. The first-order valence-corrected chi connectivity index (χ1v) is 10.6. The molecular weight excluding hydrogens is 382 g/mol. The molecule has 0 radical (unpaired) electrons. The number of aromatic nitrogens is 3. The van der Waals surface area contributed by atoms with E-state index in [1.807, 2.05) is 18.2 Å². The number of hydrogen-bond donors (Lipinski definition) is 0. The molecule has 0 saturated carbocycles. The number of nitrogens with zero attached hydrogens (tertiary/aromatic N) is 3. The van der Waals surface area contributed by atoms with Crippen LogP contribution in [0.1, 0.15) is 31.9 Å². The molecule has 5 nitrogen and oxygen atoms in total. The Balaban J connectivity index is 1.55. The summed E-state index contributed by atoms with van der Waals surface area (Å²) in [5.41, 5.74) is 3.64. The first-order valence-electron chi connectivity index (χ1n) is 9.62. The van der Waals surface area contributed by atoms with E-state index in [9.17, 15) is 0 Å². The number of hydrogen-bond acceptors (Lipinski definition) is 5. The van der Waals surface area contributed by atoms with Crippen LogP contribution in [-0.4, -0.2) is 21.6 Å². The van der Waals surface area contributed by atoms with Crippen molar-refractivity contribution >= 4 is 11.8 Å². The fourth-order valence-electron chi connectivity index (χ4n) is 3.20. The van der Waals surface area contributed by atoms with Gasteiger partial charge in [-0.3, -0.25) is 4.57 Å². The van der Waals surface area contributed by atoms with Crippen molar-refractivity contribution < 1.29 is 9.47 Å². The van der Waals surface area contributed by atoms with Crippen LogP contribution in [0.4, 0.5) is 0 Å². The molecule has 2 heterocycles. The number of benzene rings is 2. The van der Waals surface area contributed by atoms with Crippen LogP contribution in [-0.2, 0) is 17.7 Å². The molecule has 0 spiro atoms. The average molecular weight is 408 g/mol. The zero-order valence-electron chi connectivity index (χ0n) is 17.0. The largest absolute Gasteiger partial charge is 0.454 e. The van der Waals surface area contributed by atoms with E-state index < -0.39 is 0 Å². The smallest absolute Gasteiger partial charge is 0.231 e. The first kappa shape index (κ1) is 19.6.